The number of rotatable bonds is 2. The second-order valence-electron chi connectivity index (χ2n) is 5.61. The van der Waals surface area contributed by atoms with E-state index in [0.29, 0.717) is 19.3 Å². The van der Waals surface area contributed by atoms with Gasteiger partial charge in [0.05, 0.1) is 18.1 Å². The second kappa shape index (κ2) is 5.56. The number of alkyl carbamates (subject to hydrolysis) is 1. The van der Waals surface area contributed by atoms with Crippen LogP contribution >= 0.6 is 0 Å². The number of hydrogen-bond acceptors (Lipinski definition) is 4. The molecule has 0 aliphatic heterocycles. The van der Waals surface area contributed by atoms with Gasteiger partial charge in [0.15, 0.2) is 0 Å². The van der Waals surface area contributed by atoms with Crippen molar-refractivity contribution >= 4 is 12.1 Å². The normalized spacial score (nSPS) is 28.6. The summed E-state index contributed by atoms with van der Waals surface area (Å²) in [6.45, 7) is 5.16. The van der Waals surface area contributed by atoms with Crippen molar-refractivity contribution in [3.8, 4) is 0 Å². The van der Waals surface area contributed by atoms with Crippen LogP contribution in [0.2, 0.25) is 0 Å². The molecular formula is C12H21NO5. The molecule has 3 N–H and O–H groups in total. The van der Waals surface area contributed by atoms with Gasteiger partial charge in [-0.2, -0.15) is 0 Å². The van der Waals surface area contributed by atoms with Gasteiger partial charge in [-0.15, -0.1) is 0 Å². The minimum absolute atomic E-state index is 0.451. The summed E-state index contributed by atoms with van der Waals surface area (Å²) in [5, 5.41) is 21.3. The molecule has 1 fully saturated rings. The van der Waals surface area contributed by atoms with E-state index in [1.165, 1.54) is 0 Å². The lowest BCUT2D eigenvalue weighted by molar-refractivity contribution is -0.145. The SMILES string of the molecule is CC(C)(C)OC(=O)NC1C(O)CCCC1C(=O)O. The first-order chi connectivity index (χ1) is 8.20. The molecule has 1 amide bonds. The predicted octanol–water partition coefficient (Wildman–Crippen LogP) is 1.13. The van der Waals surface area contributed by atoms with Crippen molar-refractivity contribution in [1.82, 2.24) is 5.32 Å². The minimum atomic E-state index is -1.00. The van der Waals surface area contributed by atoms with E-state index >= 15 is 0 Å². The van der Waals surface area contributed by atoms with Gasteiger partial charge >= 0.3 is 12.1 Å². The molecule has 1 saturated carbocycles. The lowest BCUT2D eigenvalue weighted by atomic mass is 9.82. The van der Waals surface area contributed by atoms with Gasteiger partial charge in [0.25, 0.3) is 0 Å². The number of aliphatic hydroxyl groups is 1. The molecule has 0 radical (unpaired) electrons. The van der Waals surface area contributed by atoms with Crippen LogP contribution < -0.4 is 5.32 Å². The zero-order valence-corrected chi connectivity index (χ0v) is 11.0. The number of aliphatic carboxylic acids is 1. The Morgan fingerprint density at radius 2 is 1.89 bits per heavy atom. The molecule has 0 aromatic rings. The van der Waals surface area contributed by atoms with E-state index in [2.05, 4.69) is 5.32 Å². The number of carboxylic acid groups (broad SMARTS) is 1. The highest BCUT2D eigenvalue weighted by atomic mass is 16.6. The van der Waals surface area contributed by atoms with E-state index in [0.717, 1.165) is 0 Å². The second-order valence-corrected chi connectivity index (χ2v) is 5.61. The Morgan fingerprint density at radius 1 is 1.28 bits per heavy atom. The number of carboxylic acids is 1. The molecule has 6 nitrogen and oxygen atoms in total. The molecular weight excluding hydrogens is 238 g/mol. The summed E-state index contributed by atoms with van der Waals surface area (Å²) in [7, 11) is 0. The zero-order chi connectivity index (χ0) is 13.9. The topological polar surface area (TPSA) is 95.9 Å². The van der Waals surface area contributed by atoms with Gasteiger partial charge in [0, 0.05) is 0 Å². The molecule has 6 heteroatoms. The number of hydrogen-bond donors (Lipinski definition) is 3. The highest BCUT2D eigenvalue weighted by Gasteiger charge is 2.38. The maximum absolute atomic E-state index is 11.6. The standard InChI is InChI=1S/C12H21NO5/c1-12(2,3)18-11(17)13-9-7(10(15)16)5-4-6-8(9)14/h7-9,14H,4-6H2,1-3H3,(H,13,17)(H,15,16). The van der Waals surface area contributed by atoms with Crippen LogP contribution in [0, 0.1) is 5.92 Å². The summed E-state index contributed by atoms with van der Waals surface area (Å²) < 4.78 is 5.06. The smallest absolute Gasteiger partial charge is 0.407 e. The van der Waals surface area contributed by atoms with Crippen molar-refractivity contribution < 1.29 is 24.5 Å². The van der Waals surface area contributed by atoms with Gasteiger partial charge in [-0.05, 0) is 40.0 Å². The Hall–Kier alpha value is -1.30. The van der Waals surface area contributed by atoms with E-state index in [1.54, 1.807) is 20.8 Å². The van der Waals surface area contributed by atoms with Crippen molar-refractivity contribution in [3.05, 3.63) is 0 Å². The molecule has 104 valence electrons. The number of aliphatic hydroxyl groups excluding tert-OH is 1. The predicted molar refractivity (Wildman–Crippen MR) is 64.1 cm³/mol. The molecule has 3 unspecified atom stereocenters. The third kappa shape index (κ3) is 4.18. The van der Waals surface area contributed by atoms with E-state index in [4.69, 9.17) is 9.84 Å². The third-order valence-electron chi connectivity index (χ3n) is 2.86. The van der Waals surface area contributed by atoms with Crippen LogP contribution in [0.15, 0.2) is 0 Å². The molecule has 1 aliphatic rings. The largest absolute Gasteiger partial charge is 0.481 e. The van der Waals surface area contributed by atoms with Crippen molar-refractivity contribution in [1.29, 1.82) is 0 Å². The van der Waals surface area contributed by atoms with Crippen LogP contribution in [0.4, 0.5) is 4.79 Å². The quantitative estimate of drug-likeness (QED) is 0.690. The van der Waals surface area contributed by atoms with Crippen LogP contribution in [-0.2, 0) is 9.53 Å². The van der Waals surface area contributed by atoms with Crippen molar-refractivity contribution in [2.24, 2.45) is 5.92 Å². The van der Waals surface area contributed by atoms with E-state index in [-0.39, 0.29) is 0 Å². The summed E-state index contributed by atoms with van der Waals surface area (Å²) in [6, 6.07) is -0.786. The molecule has 0 aromatic heterocycles. The summed E-state index contributed by atoms with van der Waals surface area (Å²) in [6.07, 6.45) is 0.0499. The van der Waals surface area contributed by atoms with Gasteiger partial charge in [-0.25, -0.2) is 4.79 Å². The van der Waals surface area contributed by atoms with Crippen LogP contribution in [0.5, 0.6) is 0 Å². The maximum Gasteiger partial charge on any atom is 0.407 e. The number of amides is 1. The first-order valence-corrected chi connectivity index (χ1v) is 6.11. The minimum Gasteiger partial charge on any atom is -0.481 e. The van der Waals surface area contributed by atoms with Crippen molar-refractivity contribution in [3.63, 3.8) is 0 Å². The molecule has 0 heterocycles. The van der Waals surface area contributed by atoms with E-state index in [9.17, 15) is 14.7 Å². The van der Waals surface area contributed by atoms with Gasteiger partial charge in [-0.3, -0.25) is 4.79 Å². The van der Waals surface area contributed by atoms with Gasteiger partial charge < -0.3 is 20.3 Å². The Kier molecular flexibility index (Phi) is 4.56. The van der Waals surface area contributed by atoms with Gasteiger partial charge in [-0.1, -0.05) is 0 Å². The highest BCUT2D eigenvalue weighted by Crippen LogP contribution is 2.25. The Morgan fingerprint density at radius 3 is 2.39 bits per heavy atom. The Balaban J connectivity index is 2.66. The van der Waals surface area contributed by atoms with Gasteiger partial charge in [0.1, 0.15) is 5.60 Å². The monoisotopic (exact) mass is 259 g/mol. The fourth-order valence-corrected chi connectivity index (χ4v) is 2.09. The Labute approximate surface area is 106 Å². The third-order valence-corrected chi connectivity index (χ3v) is 2.86. The van der Waals surface area contributed by atoms with Crippen LogP contribution in [0.1, 0.15) is 40.0 Å². The molecule has 1 aliphatic carbocycles. The number of ether oxygens (including phenoxy) is 1. The lowest BCUT2D eigenvalue weighted by Gasteiger charge is -2.34. The summed E-state index contributed by atoms with van der Waals surface area (Å²) in [4.78, 5) is 22.7. The first-order valence-electron chi connectivity index (χ1n) is 6.11. The molecule has 3 atom stereocenters. The zero-order valence-electron chi connectivity index (χ0n) is 11.0. The number of carbonyl (C=O) groups excluding carboxylic acids is 1. The first kappa shape index (κ1) is 14.8. The van der Waals surface area contributed by atoms with Gasteiger partial charge in [0.2, 0.25) is 0 Å². The average molecular weight is 259 g/mol. The van der Waals surface area contributed by atoms with Crippen LogP contribution in [-0.4, -0.2) is 40.0 Å². The summed E-state index contributed by atoms with van der Waals surface area (Å²) >= 11 is 0. The maximum atomic E-state index is 11.6. The fourth-order valence-electron chi connectivity index (χ4n) is 2.09. The Bertz CT molecular complexity index is 323. The molecule has 1 rings (SSSR count). The summed E-state index contributed by atoms with van der Waals surface area (Å²) in [5.74, 6) is -1.77. The molecule has 0 aromatic carbocycles. The van der Waals surface area contributed by atoms with Crippen molar-refractivity contribution in [2.45, 2.75) is 57.8 Å². The summed E-state index contributed by atoms with van der Waals surface area (Å²) in [5.41, 5.74) is -0.650. The van der Waals surface area contributed by atoms with Crippen molar-refractivity contribution in [2.75, 3.05) is 0 Å². The molecule has 0 spiro atoms. The van der Waals surface area contributed by atoms with E-state index < -0.39 is 35.7 Å². The fraction of sp³-hybridized carbons (Fsp3) is 0.833. The van der Waals surface area contributed by atoms with Crippen LogP contribution in [0.25, 0.3) is 0 Å². The lowest BCUT2D eigenvalue weighted by Crippen LogP contribution is -2.53. The highest BCUT2D eigenvalue weighted by molar-refractivity contribution is 5.74. The number of carbonyl (C=O) groups is 2. The molecule has 0 bridgehead atoms. The van der Waals surface area contributed by atoms with E-state index in [1.807, 2.05) is 0 Å². The average Bonchev–Trinajstić information content (AvgIpc) is 2.17. The van der Waals surface area contributed by atoms with Crippen LogP contribution in [0.3, 0.4) is 0 Å². The molecule has 0 saturated heterocycles. The number of nitrogens with one attached hydrogen (secondary N) is 1. The molecule has 18 heavy (non-hydrogen) atoms.